The molecule has 2 amide bonds. The van der Waals surface area contributed by atoms with Gasteiger partial charge in [0, 0.05) is 26.2 Å². The van der Waals surface area contributed by atoms with Gasteiger partial charge in [0.05, 0.1) is 12.0 Å². The zero-order chi connectivity index (χ0) is 16.4. The van der Waals surface area contributed by atoms with Crippen LogP contribution in [0.15, 0.2) is 42.1 Å². The van der Waals surface area contributed by atoms with Gasteiger partial charge in [0.15, 0.2) is 0 Å². The number of hydrogen-bond acceptors (Lipinski definition) is 2. The third-order valence-electron chi connectivity index (χ3n) is 4.99. The molecule has 0 saturated carbocycles. The van der Waals surface area contributed by atoms with E-state index in [1.807, 2.05) is 35.2 Å². The van der Waals surface area contributed by atoms with Crippen LogP contribution in [-0.2, 0) is 16.1 Å². The van der Waals surface area contributed by atoms with E-state index in [-0.39, 0.29) is 11.8 Å². The number of rotatable bonds is 3. The quantitative estimate of drug-likeness (QED) is 0.861. The van der Waals surface area contributed by atoms with Crippen LogP contribution in [0.3, 0.4) is 0 Å². The minimum absolute atomic E-state index is 0.129. The number of carbonyl (C=O) groups is 2. The molecule has 1 atom stereocenters. The van der Waals surface area contributed by atoms with Gasteiger partial charge in [-0.1, -0.05) is 36.4 Å². The van der Waals surface area contributed by atoms with E-state index in [1.165, 1.54) is 0 Å². The molecule has 1 fully saturated rings. The van der Waals surface area contributed by atoms with Gasteiger partial charge >= 0.3 is 0 Å². The molecule has 0 spiro atoms. The zero-order valence-corrected chi connectivity index (χ0v) is 13.9. The third-order valence-corrected chi connectivity index (χ3v) is 4.99. The van der Waals surface area contributed by atoms with Crippen molar-refractivity contribution < 1.29 is 9.59 Å². The molecule has 1 aromatic rings. The molecule has 23 heavy (non-hydrogen) atoms. The van der Waals surface area contributed by atoms with Gasteiger partial charge in [-0.25, -0.2) is 0 Å². The second kappa shape index (κ2) is 6.19. The van der Waals surface area contributed by atoms with Gasteiger partial charge < -0.3 is 9.80 Å². The normalized spacial score (nSPS) is 24.0. The highest BCUT2D eigenvalue weighted by Crippen LogP contribution is 2.48. The molecule has 3 rings (SSSR count). The lowest BCUT2D eigenvalue weighted by molar-refractivity contribution is -0.146. The summed E-state index contributed by atoms with van der Waals surface area (Å²) >= 11 is 0. The zero-order valence-electron chi connectivity index (χ0n) is 13.9. The van der Waals surface area contributed by atoms with Crippen molar-refractivity contribution in [3.63, 3.8) is 0 Å². The first-order valence-corrected chi connectivity index (χ1v) is 8.31. The summed E-state index contributed by atoms with van der Waals surface area (Å²) in [7, 11) is 3.61. The summed E-state index contributed by atoms with van der Waals surface area (Å²) in [5, 5.41) is 0. The summed E-state index contributed by atoms with van der Waals surface area (Å²) in [5.41, 5.74) is 1.52. The van der Waals surface area contributed by atoms with Crippen LogP contribution < -0.4 is 0 Å². The molecular weight excluding hydrogens is 288 g/mol. The molecule has 0 bridgehead atoms. The Bertz CT molecular complexity index is 636. The average molecular weight is 312 g/mol. The lowest BCUT2D eigenvalue weighted by atomic mass is 9.69. The number of piperidine rings is 1. The number of likely N-dealkylation sites (tertiary alicyclic amines) is 1. The molecule has 1 aliphatic heterocycles. The van der Waals surface area contributed by atoms with Crippen molar-refractivity contribution in [3.8, 4) is 0 Å². The molecule has 2 aliphatic rings. The predicted octanol–water partition coefficient (Wildman–Crippen LogP) is 2.95. The summed E-state index contributed by atoms with van der Waals surface area (Å²) in [6.07, 6.45) is 6.00. The van der Waals surface area contributed by atoms with Crippen LogP contribution in [-0.4, -0.2) is 35.7 Å². The van der Waals surface area contributed by atoms with Crippen LogP contribution >= 0.6 is 0 Å². The molecule has 0 aromatic heterocycles. The van der Waals surface area contributed by atoms with Gasteiger partial charge in [-0.15, -0.1) is 0 Å². The smallest absolute Gasteiger partial charge is 0.234 e. The van der Waals surface area contributed by atoms with E-state index in [1.54, 1.807) is 19.0 Å². The van der Waals surface area contributed by atoms with Crippen LogP contribution in [0.2, 0.25) is 0 Å². The van der Waals surface area contributed by atoms with Crippen molar-refractivity contribution >= 4 is 11.8 Å². The van der Waals surface area contributed by atoms with Crippen LogP contribution in [0.1, 0.15) is 37.7 Å². The molecule has 0 radical (unpaired) electrons. The molecule has 1 aliphatic carbocycles. The summed E-state index contributed by atoms with van der Waals surface area (Å²) in [4.78, 5) is 29.0. The molecule has 4 heteroatoms. The molecule has 4 nitrogen and oxygen atoms in total. The van der Waals surface area contributed by atoms with Crippen molar-refractivity contribution in [2.45, 2.75) is 38.6 Å². The topological polar surface area (TPSA) is 40.6 Å². The van der Waals surface area contributed by atoms with Gasteiger partial charge in [0.25, 0.3) is 0 Å². The van der Waals surface area contributed by atoms with Gasteiger partial charge in [0.1, 0.15) is 0 Å². The molecule has 122 valence electrons. The Hall–Kier alpha value is -2.10. The van der Waals surface area contributed by atoms with E-state index >= 15 is 0 Å². The first-order valence-electron chi connectivity index (χ1n) is 8.31. The highest BCUT2D eigenvalue weighted by atomic mass is 16.2. The van der Waals surface area contributed by atoms with Crippen molar-refractivity contribution in [1.82, 2.24) is 9.80 Å². The fraction of sp³-hybridized carbons (Fsp3) is 0.474. The average Bonchev–Trinajstić information content (AvgIpc) is 2.57. The molecule has 1 heterocycles. The monoisotopic (exact) mass is 312 g/mol. The number of amides is 2. The summed E-state index contributed by atoms with van der Waals surface area (Å²) in [5.74, 6) is 0.262. The van der Waals surface area contributed by atoms with Gasteiger partial charge in [0.2, 0.25) is 11.8 Å². The Morgan fingerprint density at radius 3 is 2.65 bits per heavy atom. The second-order valence-corrected chi connectivity index (χ2v) is 6.73. The number of fused-ring (bicyclic) bond motifs is 1. The van der Waals surface area contributed by atoms with E-state index in [0.717, 1.165) is 30.5 Å². The molecule has 1 unspecified atom stereocenters. The van der Waals surface area contributed by atoms with Crippen LogP contribution in [0, 0.1) is 5.41 Å². The van der Waals surface area contributed by atoms with E-state index in [4.69, 9.17) is 0 Å². The van der Waals surface area contributed by atoms with Crippen molar-refractivity contribution in [3.05, 3.63) is 47.7 Å². The van der Waals surface area contributed by atoms with E-state index < -0.39 is 5.41 Å². The molecule has 1 aromatic carbocycles. The third kappa shape index (κ3) is 2.78. The second-order valence-electron chi connectivity index (χ2n) is 6.73. The maximum Gasteiger partial charge on any atom is 0.234 e. The Morgan fingerprint density at radius 2 is 1.96 bits per heavy atom. The van der Waals surface area contributed by atoms with E-state index in [2.05, 4.69) is 6.08 Å². The first kappa shape index (κ1) is 15.8. The number of allylic oxidation sites excluding steroid dienone is 1. The predicted molar refractivity (Wildman–Crippen MR) is 89.3 cm³/mol. The Balaban J connectivity index is 1.97. The maximum atomic E-state index is 12.9. The van der Waals surface area contributed by atoms with Gasteiger partial charge in [-0.3, -0.25) is 9.59 Å². The maximum absolute atomic E-state index is 12.9. The highest BCUT2D eigenvalue weighted by Gasteiger charge is 2.50. The lowest BCUT2D eigenvalue weighted by Crippen LogP contribution is -2.52. The summed E-state index contributed by atoms with van der Waals surface area (Å²) in [6, 6.07) is 10.00. The van der Waals surface area contributed by atoms with Crippen LogP contribution in [0.4, 0.5) is 0 Å². The van der Waals surface area contributed by atoms with Crippen LogP contribution in [0.5, 0.6) is 0 Å². The number of carbonyl (C=O) groups excluding carboxylic acids is 2. The number of benzene rings is 1. The fourth-order valence-corrected chi connectivity index (χ4v) is 3.87. The Morgan fingerprint density at radius 1 is 1.22 bits per heavy atom. The standard InChI is InChI=1S/C19H24N2O2/c1-20(2)18(23)19-12-7-6-10-16(19)21(17(22)11-13-19)14-15-8-4-3-5-9-15/h3-5,8-10H,6-7,11-14H2,1-2H3. The van der Waals surface area contributed by atoms with Crippen molar-refractivity contribution in [2.75, 3.05) is 14.1 Å². The lowest BCUT2D eigenvalue weighted by Gasteiger charge is -2.47. The largest absolute Gasteiger partial charge is 0.348 e. The minimum Gasteiger partial charge on any atom is -0.348 e. The summed E-state index contributed by atoms with van der Waals surface area (Å²) in [6.45, 7) is 0.550. The number of nitrogens with zero attached hydrogens (tertiary/aromatic N) is 2. The van der Waals surface area contributed by atoms with Crippen LogP contribution in [0.25, 0.3) is 0 Å². The molecular formula is C19H24N2O2. The minimum atomic E-state index is -0.509. The highest BCUT2D eigenvalue weighted by molar-refractivity contribution is 5.91. The fourth-order valence-electron chi connectivity index (χ4n) is 3.87. The Labute approximate surface area is 137 Å². The number of hydrogen-bond donors (Lipinski definition) is 0. The Kier molecular flexibility index (Phi) is 4.24. The first-order chi connectivity index (χ1) is 11.0. The van der Waals surface area contributed by atoms with Crippen molar-refractivity contribution in [1.29, 1.82) is 0 Å². The van der Waals surface area contributed by atoms with Gasteiger partial charge in [-0.05, 0) is 31.2 Å². The molecule has 0 N–H and O–H groups in total. The summed E-state index contributed by atoms with van der Waals surface area (Å²) < 4.78 is 0. The van der Waals surface area contributed by atoms with Gasteiger partial charge in [-0.2, -0.15) is 0 Å². The van der Waals surface area contributed by atoms with E-state index in [0.29, 0.717) is 19.4 Å². The molecule has 1 saturated heterocycles. The van der Waals surface area contributed by atoms with E-state index in [9.17, 15) is 9.59 Å². The van der Waals surface area contributed by atoms with Crippen molar-refractivity contribution in [2.24, 2.45) is 5.41 Å². The SMILES string of the molecule is CN(C)C(=O)C12CCCC=C1N(Cc1ccccc1)C(=O)CC2.